The number of hydrogen-bond acceptors (Lipinski definition) is 4. The molecule has 0 aliphatic carbocycles. The van der Waals surface area contributed by atoms with Crippen molar-refractivity contribution in [3.05, 3.63) is 59.7 Å². The lowest BCUT2D eigenvalue weighted by molar-refractivity contribution is 0.242. The van der Waals surface area contributed by atoms with Gasteiger partial charge < -0.3 is 15.0 Å². The Morgan fingerprint density at radius 3 is 2.29 bits per heavy atom. The predicted octanol–water partition coefficient (Wildman–Crippen LogP) is 4.32. The zero-order valence-electron chi connectivity index (χ0n) is 17.1. The molecule has 0 spiro atoms. The first-order valence-corrected chi connectivity index (χ1v) is 10.1. The van der Waals surface area contributed by atoms with Crippen LogP contribution < -0.4 is 20.4 Å². The van der Waals surface area contributed by atoms with Crippen LogP contribution in [-0.4, -0.2) is 30.5 Å². The van der Waals surface area contributed by atoms with Crippen molar-refractivity contribution >= 4 is 29.2 Å². The van der Waals surface area contributed by atoms with Gasteiger partial charge in [-0.25, -0.2) is 0 Å². The fourth-order valence-electron chi connectivity index (χ4n) is 2.71. The van der Waals surface area contributed by atoms with Gasteiger partial charge in [0.15, 0.2) is 5.11 Å². The summed E-state index contributed by atoms with van der Waals surface area (Å²) in [6.45, 7) is 11.0. The summed E-state index contributed by atoms with van der Waals surface area (Å²) in [5, 5.41) is 7.83. The minimum absolute atomic E-state index is 0.173. The van der Waals surface area contributed by atoms with Crippen molar-refractivity contribution < 1.29 is 4.74 Å². The quantitative estimate of drug-likeness (QED) is 0.374. The molecule has 0 aliphatic rings. The second kappa shape index (κ2) is 11.3. The maximum atomic E-state index is 5.64. The number of hydrazone groups is 1. The summed E-state index contributed by atoms with van der Waals surface area (Å²) in [6, 6.07) is 16.3. The van der Waals surface area contributed by atoms with Gasteiger partial charge in [-0.1, -0.05) is 24.3 Å². The van der Waals surface area contributed by atoms with Gasteiger partial charge in [0, 0.05) is 25.3 Å². The summed E-state index contributed by atoms with van der Waals surface area (Å²) < 4.78 is 5.64. The van der Waals surface area contributed by atoms with E-state index in [-0.39, 0.29) is 6.10 Å². The molecule has 0 amide bonds. The van der Waals surface area contributed by atoms with E-state index in [1.54, 1.807) is 6.21 Å². The van der Waals surface area contributed by atoms with E-state index in [0.29, 0.717) is 11.7 Å². The van der Waals surface area contributed by atoms with Crippen LogP contribution >= 0.6 is 12.2 Å². The van der Waals surface area contributed by atoms with Crippen LogP contribution in [0.4, 0.5) is 5.69 Å². The van der Waals surface area contributed by atoms with Gasteiger partial charge in [-0.2, -0.15) is 5.10 Å². The standard InChI is InChI=1S/C22H30N4OS/c1-5-26(6-2)20-11-7-19(8-12-20)16-24-25-22(28)23-15-18-9-13-21(14-10-18)27-17(3)4/h7-14,16-17H,5-6,15H2,1-4H3,(H2,23,25,28)/b24-16-. The Morgan fingerprint density at radius 1 is 1.07 bits per heavy atom. The van der Waals surface area contributed by atoms with E-state index in [1.807, 2.05) is 38.1 Å². The molecule has 2 aromatic carbocycles. The molecule has 0 saturated heterocycles. The first-order chi connectivity index (χ1) is 13.5. The fourth-order valence-corrected chi connectivity index (χ4v) is 2.83. The summed E-state index contributed by atoms with van der Waals surface area (Å²) in [7, 11) is 0. The summed E-state index contributed by atoms with van der Waals surface area (Å²) in [6.07, 6.45) is 1.94. The lowest BCUT2D eigenvalue weighted by atomic mass is 10.2. The molecule has 0 aliphatic heterocycles. The highest BCUT2D eigenvalue weighted by Crippen LogP contribution is 2.14. The monoisotopic (exact) mass is 398 g/mol. The molecule has 0 unspecified atom stereocenters. The van der Waals surface area contributed by atoms with Crippen molar-refractivity contribution in [3.8, 4) is 5.75 Å². The van der Waals surface area contributed by atoms with Crippen molar-refractivity contribution in [2.24, 2.45) is 5.10 Å². The first-order valence-electron chi connectivity index (χ1n) is 9.69. The molecule has 6 heteroatoms. The first kappa shape index (κ1) is 21.7. The molecular weight excluding hydrogens is 368 g/mol. The van der Waals surface area contributed by atoms with Crippen molar-refractivity contribution in [3.63, 3.8) is 0 Å². The number of hydrogen-bond donors (Lipinski definition) is 2. The average molecular weight is 399 g/mol. The number of anilines is 1. The molecule has 150 valence electrons. The van der Waals surface area contributed by atoms with E-state index in [9.17, 15) is 0 Å². The van der Waals surface area contributed by atoms with Crippen LogP contribution in [0.2, 0.25) is 0 Å². The Balaban J connectivity index is 1.77. The Bertz CT molecular complexity index is 753. The van der Waals surface area contributed by atoms with E-state index in [0.717, 1.165) is 30.0 Å². The molecule has 0 heterocycles. The maximum Gasteiger partial charge on any atom is 0.187 e. The van der Waals surface area contributed by atoms with Gasteiger partial charge in [0.25, 0.3) is 0 Å². The molecule has 0 saturated carbocycles. The molecule has 0 radical (unpaired) electrons. The summed E-state index contributed by atoms with van der Waals surface area (Å²) in [5.74, 6) is 0.871. The second-order valence-corrected chi connectivity index (χ2v) is 7.04. The second-order valence-electron chi connectivity index (χ2n) is 6.63. The molecular formula is C22H30N4OS. The molecule has 0 atom stereocenters. The molecule has 2 rings (SSSR count). The number of nitrogens with one attached hydrogen (secondary N) is 2. The third kappa shape index (κ3) is 7.19. The lowest BCUT2D eigenvalue weighted by Gasteiger charge is -2.20. The molecule has 2 aromatic rings. The van der Waals surface area contributed by atoms with E-state index in [2.05, 4.69) is 58.9 Å². The number of benzene rings is 2. The molecule has 28 heavy (non-hydrogen) atoms. The van der Waals surface area contributed by atoms with Gasteiger partial charge in [-0.05, 0) is 75.3 Å². The minimum atomic E-state index is 0.173. The SMILES string of the molecule is CCN(CC)c1ccc(/C=N\NC(=S)NCc2ccc(OC(C)C)cc2)cc1. The van der Waals surface area contributed by atoms with Crippen molar-refractivity contribution in [1.29, 1.82) is 0 Å². The van der Waals surface area contributed by atoms with Gasteiger partial charge in [-0.15, -0.1) is 0 Å². The van der Waals surface area contributed by atoms with Gasteiger partial charge in [0.05, 0.1) is 12.3 Å². The van der Waals surface area contributed by atoms with E-state index in [4.69, 9.17) is 17.0 Å². The van der Waals surface area contributed by atoms with Gasteiger partial charge in [0.1, 0.15) is 5.75 Å². The topological polar surface area (TPSA) is 48.9 Å². The van der Waals surface area contributed by atoms with Crippen LogP contribution in [0.1, 0.15) is 38.8 Å². The maximum absolute atomic E-state index is 5.64. The van der Waals surface area contributed by atoms with Gasteiger partial charge >= 0.3 is 0 Å². The molecule has 0 aromatic heterocycles. The van der Waals surface area contributed by atoms with Crippen LogP contribution in [-0.2, 0) is 6.54 Å². The number of thiocarbonyl (C=S) groups is 1. The molecule has 5 nitrogen and oxygen atoms in total. The van der Waals surface area contributed by atoms with Crippen molar-refractivity contribution in [1.82, 2.24) is 10.7 Å². The Labute approximate surface area is 173 Å². The van der Waals surface area contributed by atoms with Crippen LogP contribution in [0.3, 0.4) is 0 Å². The van der Waals surface area contributed by atoms with Crippen molar-refractivity contribution in [2.45, 2.75) is 40.3 Å². The molecule has 0 fully saturated rings. The normalized spacial score (nSPS) is 10.9. The van der Waals surface area contributed by atoms with Crippen LogP contribution in [0, 0.1) is 0 Å². The third-order valence-electron chi connectivity index (χ3n) is 4.15. The minimum Gasteiger partial charge on any atom is -0.491 e. The number of ether oxygens (including phenoxy) is 1. The number of nitrogens with zero attached hydrogens (tertiary/aromatic N) is 2. The zero-order valence-corrected chi connectivity index (χ0v) is 17.9. The predicted molar refractivity (Wildman–Crippen MR) is 122 cm³/mol. The molecule has 0 bridgehead atoms. The van der Waals surface area contributed by atoms with Crippen LogP contribution in [0.15, 0.2) is 53.6 Å². The lowest BCUT2D eigenvalue weighted by Crippen LogP contribution is -2.31. The van der Waals surface area contributed by atoms with E-state index >= 15 is 0 Å². The Morgan fingerprint density at radius 2 is 1.71 bits per heavy atom. The molecule has 2 N–H and O–H groups in total. The fraction of sp³-hybridized carbons (Fsp3) is 0.364. The zero-order chi connectivity index (χ0) is 20.4. The average Bonchev–Trinajstić information content (AvgIpc) is 2.69. The van der Waals surface area contributed by atoms with Gasteiger partial charge in [-0.3, -0.25) is 5.43 Å². The summed E-state index contributed by atoms with van der Waals surface area (Å²) in [5.41, 5.74) is 6.21. The Hall–Kier alpha value is -2.60. The number of rotatable bonds is 9. The highest BCUT2D eigenvalue weighted by Gasteiger charge is 2.01. The van der Waals surface area contributed by atoms with Crippen molar-refractivity contribution in [2.75, 3.05) is 18.0 Å². The highest BCUT2D eigenvalue weighted by molar-refractivity contribution is 7.80. The van der Waals surface area contributed by atoms with E-state index in [1.165, 1.54) is 5.69 Å². The summed E-state index contributed by atoms with van der Waals surface area (Å²) >= 11 is 5.27. The summed E-state index contributed by atoms with van der Waals surface area (Å²) in [4.78, 5) is 2.31. The van der Waals surface area contributed by atoms with Gasteiger partial charge in [0.2, 0.25) is 0 Å². The third-order valence-corrected chi connectivity index (χ3v) is 4.39. The van der Waals surface area contributed by atoms with Crippen LogP contribution in [0.25, 0.3) is 0 Å². The largest absolute Gasteiger partial charge is 0.491 e. The Kier molecular flexibility index (Phi) is 8.75. The smallest absolute Gasteiger partial charge is 0.187 e. The van der Waals surface area contributed by atoms with Crippen LogP contribution in [0.5, 0.6) is 5.75 Å². The van der Waals surface area contributed by atoms with E-state index < -0.39 is 0 Å². The highest BCUT2D eigenvalue weighted by atomic mass is 32.1.